The van der Waals surface area contributed by atoms with E-state index in [0.717, 1.165) is 35.2 Å². The van der Waals surface area contributed by atoms with E-state index in [4.69, 9.17) is 9.16 Å². The lowest BCUT2D eigenvalue weighted by atomic mass is 9.78. The SMILES string of the molecule is CCOC(=O)/C=C1\C[C@@H](CO[Si](C(C)C)(C(C)C)C(C)C)Cc2ccc3c(c21)CCN3S(C)(=O)=O. The number of esters is 1. The average molecular weight is 522 g/mol. The van der Waals surface area contributed by atoms with Crippen LogP contribution in [0, 0.1) is 5.92 Å². The second-order valence-corrected chi connectivity index (χ2v) is 18.4. The molecule has 1 atom stereocenters. The van der Waals surface area contributed by atoms with Crippen molar-refractivity contribution >= 4 is 35.6 Å². The number of carbonyl (C=O) groups excluding carboxylic acids is 1. The van der Waals surface area contributed by atoms with Crippen molar-refractivity contribution in [3.05, 3.63) is 34.9 Å². The maximum Gasteiger partial charge on any atom is 0.331 e. The van der Waals surface area contributed by atoms with Gasteiger partial charge in [-0.15, -0.1) is 0 Å². The zero-order valence-electron chi connectivity index (χ0n) is 22.7. The van der Waals surface area contributed by atoms with Gasteiger partial charge in [-0.3, -0.25) is 4.31 Å². The number of allylic oxidation sites excluding steroid dienone is 1. The van der Waals surface area contributed by atoms with Crippen molar-refractivity contribution in [3.63, 3.8) is 0 Å². The normalized spacial score (nSPS) is 19.6. The van der Waals surface area contributed by atoms with Crippen molar-refractivity contribution in [2.75, 3.05) is 30.3 Å². The highest BCUT2D eigenvalue weighted by Gasteiger charge is 2.45. The molecule has 1 aromatic rings. The van der Waals surface area contributed by atoms with Crippen LogP contribution >= 0.6 is 0 Å². The molecule has 0 fully saturated rings. The first kappa shape index (κ1) is 27.9. The second kappa shape index (κ2) is 10.8. The van der Waals surface area contributed by atoms with Gasteiger partial charge in [-0.05, 0) is 77.1 Å². The molecule has 0 amide bonds. The Morgan fingerprint density at radius 2 is 1.74 bits per heavy atom. The quantitative estimate of drug-likeness (QED) is 0.236. The molecule has 3 rings (SSSR count). The topological polar surface area (TPSA) is 72.9 Å². The Morgan fingerprint density at radius 3 is 2.29 bits per heavy atom. The minimum absolute atomic E-state index is 0.261. The number of anilines is 1. The van der Waals surface area contributed by atoms with E-state index < -0.39 is 18.3 Å². The van der Waals surface area contributed by atoms with Crippen LogP contribution in [0.15, 0.2) is 18.2 Å². The fourth-order valence-electron chi connectivity index (χ4n) is 6.55. The van der Waals surface area contributed by atoms with Gasteiger partial charge in [0.25, 0.3) is 0 Å². The van der Waals surface area contributed by atoms with Crippen molar-refractivity contribution < 1.29 is 22.4 Å². The molecule has 196 valence electrons. The summed E-state index contributed by atoms with van der Waals surface area (Å²) in [7, 11) is -5.35. The zero-order chi connectivity index (χ0) is 26.1. The van der Waals surface area contributed by atoms with Crippen LogP contribution in [0.5, 0.6) is 0 Å². The van der Waals surface area contributed by atoms with E-state index in [1.54, 1.807) is 13.0 Å². The van der Waals surface area contributed by atoms with Crippen molar-refractivity contribution in [1.29, 1.82) is 0 Å². The molecule has 0 saturated carbocycles. The van der Waals surface area contributed by atoms with Gasteiger partial charge < -0.3 is 9.16 Å². The first-order valence-corrected chi connectivity index (χ1v) is 17.0. The molecule has 1 aromatic carbocycles. The van der Waals surface area contributed by atoms with Crippen molar-refractivity contribution in [2.24, 2.45) is 5.92 Å². The number of hydrogen-bond acceptors (Lipinski definition) is 5. The fraction of sp³-hybridized carbons (Fsp3) is 0.667. The molecule has 1 heterocycles. The Labute approximate surface area is 213 Å². The van der Waals surface area contributed by atoms with Gasteiger partial charge in [-0.2, -0.15) is 0 Å². The Balaban J connectivity index is 1.99. The van der Waals surface area contributed by atoms with E-state index in [2.05, 4.69) is 41.5 Å². The summed E-state index contributed by atoms with van der Waals surface area (Å²) in [5.41, 5.74) is 6.45. The van der Waals surface area contributed by atoms with Crippen LogP contribution in [0.25, 0.3) is 5.57 Å². The maximum atomic E-state index is 12.5. The number of rotatable bonds is 9. The maximum absolute atomic E-state index is 12.5. The summed E-state index contributed by atoms with van der Waals surface area (Å²) in [5.74, 6) is -0.0855. The van der Waals surface area contributed by atoms with Gasteiger partial charge in [0, 0.05) is 19.2 Å². The van der Waals surface area contributed by atoms with E-state index in [0.29, 0.717) is 42.8 Å². The number of carbonyl (C=O) groups is 1. The molecule has 0 saturated heterocycles. The summed E-state index contributed by atoms with van der Waals surface area (Å²) < 4.78 is 38.3. The largest absolute Gasteiger partial charge is 0.463 e. The molecule has 0 aromatic heterocycles. The predicted molar refractivity (Wildman–Crippen MR) is 146 cm³/mol. The molecule has 35 heavy (non-hydrogen) atoms. The molecular weight excluding hydrogens is 478 g/mol. The van der Waals surface area contributed by atoms with Gasteiger partial charge in [0.1, 0.15) is 0 Å². The molecule has 2 aliphatic rings. The summed E-state index contributed by atoms with van der Waals surface area (Å²) in [6.07, 6.45) is 5.10. The minimum atomic E-state index is -3.35. The van der Waals surface area contributed by atoms with Crippen LogP contribution in [0.2, 0.25) is 16.6 Å². The monoisotopic (exact) mass is 521 g/mol. The third kappa shape index (κ3) is 5.54. The van der Waals surface area contributed by atoms with E-state index >= 15 is 0 Å². The van der Waals surface area contributed by atoms with Gasteiger partial charge >= 0.3 is 5.97 Å². The molecule has 0 N–H and O–H groups in total. The fourth-order valence-corrected chi connectivity index (χ4v) is 13.0. The van der Waals surface area contributed by atoms with Crippen LogP contribution in [-0.2, 0) is 36.8 Å². The smallest absolute Gasteiger partial charge is 0.331 e. The third-order valence-corrected chi connectivity index (χ3v) is 15.1. The molecule has 0 radical (unpaired) electrons. The summed E-state index contributed by atoms with van der Waals surface area (Å²) in [6, 6.07) is 3.98. The van der Waals surface area contributed by atoms with Crippen molar-refractivity contribution in [2.45, 2.75) is 84.4 Å². The van der Waals surface area contributed by atoms with Gasteiger partial charge in [0.05, 0.1) is 18.6 Å². The summed E-state index contributed by atoms with van der Waals surface area (Å²) in [6.45, 7) is 17.0. The molecule has 1 aliphatic carbocycles. The van der Waals surface area contributed by atoms with E-state index in [9.17, 15) is 13.2 Å². The van der Waals surface area contributed by atoms with Crippen LogP contribution in [0.4, 0.5) is 5.69 Å². The summed E-state index contributed by atoms with van der Waals surface area (Å²) in [5, 5.41) is 0. The lowest BCUT2D eigenvalue weighted by Gasteiger charge is -2.43. The zero-order valence-corrected chi connectivity index (χ0v) is 24.5. The van der Waals surface area contributed by atoms with Crippen molar-refractivity contribution in [1.82, 2.24) is 0 Å². The van der Waals surface area contributed by atoms with Gasteiger partial charge in [0.2, 0.25) is 10.0 Å². The van der Waals surface area contributed by atoms with Crippen LogP contribution < -0.4 is 4.31 Å². The lowest BCUT2D eigenvalue weighted by Crippen LogP contribution is -2.48. The summed E-state index contributed by atoms with van der Waals surface area (Å²) >= 11 is 0. The molecule has 0 unspecified atom stereocenters. The lowest BCUT2D eigenvalue weighted by molar-refractivity contribution is -0.137. The highest BCUT2D eigenvalue weighted by atomic mass is 32.2. The Hall–Kier alpha value is -1.64. The Kier molecular flexibility index (Phi) is 8.59. The van der Waals surface area contributed by atoms with Crippen molar-refractivity contribution in [3.8, 4) is 0 Å². The van der Waals surface area contributed by atoms with E-state index in [1.807, 2.05) is 12.1 Å². The van der Waals surface area contributed by atoms with E-state index in [1.165, 1.54) is 16.1 Å². The number of hydrogen-bond donors (Lipinski definition) is 0. The van der Waals surface area contributed by atoms with Crippen LogP contribution in [-0.4, -0.2) is 48.7 Å². The second-order valence-electron chi connectivity index (χ2n) is 11.0. The molecule has 0 bridgehead atoms. The van der Waals surface area contributed by atoms with Crippen LogP contribution in [0.1, 0.15) is 71.6 Å². The highest BCUT2D eigenvalue weighted by Crippen LogP contribution is 2.46. The number of fused-ring (bicyclic) bond motifs is 3. The molecule has 8 heteroatoms. The number of ether oxygens (including phenoxy) is 1. The highest BCUT2D eigenvalue weighted by molar-refractivity contribution is 7.92. The standard InChI is InChI=1S/C27H43NO5SSi/c1-9-32-26(29)16-23-15-21(17-33-35(18(2)3,19(4)5)20(6)7)14-22-10-11-25-24(27(22)23)12-13-28(25)34(8,30)31/h10-11,16,18-21H,9,12-15,17H2,1-8H3/b23-16+/t21-/m0/s1. The number of sulfonamides is 1. The van der Waals surface area contributed by atoms with Gasteiger partial charge in [-0.25, -0.2) is 13.2 Å². The number of benzene rings is 1. The average Bonchev–Trinajstić information content (AvgIpc) is 3.18. The molecule has 6 nitrogen and oxygen atoms in total. The number of nitrogens with zero attached hydrogens (tertiary/aromatic N) is 1. The van der Waals surface area contributed by atoms with Gasteiger partial charge in [0.15, 0.2) is 8.32 Å². The molecular formula is C27H43NO5SSi. The van der Waals surface area contributed by atoms with Crippen LogP contribution in [0.3, 0.4) is 0 Å². The molecule has 0 spiro atoms. The van der Waals surface area contributed by atoms with Gasteiger partial charge in [-0.1, -0.05) is 47.6 Å². The first-order chi connectivity index (χ1) is 16.3. The molecule has 1 aliphatic heterocycles. The Morgan fingerprint density at radius 1 is 1.11 bits per heavy atom. The Bertz CT molecular complexity index is 1060. The predicted octanol–water partition coefficient (Wildman–Crippen LogP) is 5.71. The first-order valence-electron chi connectivity index (χ1n) is 13.0. The summed E-state index contributed by atoms with van der Waals surface area (Å²) in [4.78, 5) is 12.5. The third-order valence-electron chi connectivity index (χ3n) is 7.80. The minimum Gasteiger partial charge on any atom is -0.463 e. The van der Waals surface area contributed by atoms with E-state index in [-0.39, 0.29) is 11.9 Å².